The maximum atomic E-state index is 8.88. The molecule has 1 aromatic carbocycles. The number of imidazole rings is 1. The van der Waals surface area contributed by atoms with Crippen molar-refractivity contribution in [3.05, 3.63) is 41.4 Å². The Labute approximate surface area is 119 Å². The molecule has 102 valence electrons. The fraction of sp³-hybridized carbons (Fsp3) is 0.154. The van der Waals surface area contributed by atoms with Crippen molar-refractivity contribution in [3.63, 3.8) is 0 Å². The first-order chi connectivity index (χ1) is 9.76. The highest BCUT2D eigenvalue weighted by molar-refractivity contribution is 6.28. The Kier molecular flexibility index (Phi) is 3.49. The van der Waals surface area contributed by atoms with Crippen LogP contribution in [0.4, 0.5) is 0 Å². The molecule has 3 aromatic rings. The van der Waals surface area contributed by atoms with Gasteiger partial charge >= 0.3 is 0 Å². The summed E-state index contributed by atoms with van der Waals surface area (Å²) in [5, 5.41) is 8.96. The lowest BCUT2D eigenvalue weighted by Crippen LogP contribution is -1.94. The fourth-order valence-corrected chi connectivity index (χ4v) is 1.98. The number of benzene rings is 1. The molecule has 0 saturated carbocycles. The highest BCUT2D eigenvalue weighted by atomic mass is 35.5. The summed E-state index contributed by atoms with van der Waals surface area (Å²) in [7, 11) is 0. The molecule has 0 radical (unpaired) electrons. The Balaban J connectivity index is 1.90. The molecule has 0 atom stereocenters. The highest BCUT2D eigenvalue weighted by Crippen LogP contribution is 2.26. The summed E-state index contributed by atoms with van der Waals surface area (Å²) in [6, 6.07) is 7.39. The van der Waals surface area contributed by atoms with E-state index in [1.165, 1.54) is 6.33 Å². The minimum atomic E-state index is 0.0801. The van der Waals surface area contributed by atoms with Crippen LogP contribution in [0.15, 0.2) is 30.6 Å². The average Bonchev–Trinajstić information content (AvgIpc) is 2.89. The molecule has 2 N–H and O–H groups in total. The quantitative estimate of drug-likeness (QED) is 0.721. The third kappa shape index (κ3) is 2.56. The molecule has 0 amide bonds. The van der Waals surface area contributed by atoms with Crippen LogP contribution in [-0.2, 0) is 6.42 Å². The second kappa shape index (κ2) is 5.44. The van der Waals surface area contributed by atoms with Crippen LogP contribution in [0, 0.1) is 0 Å². The van der Waals surface area contributed by atoms with E-state index in [1.54, 1.807) is 0 Å². The average molecular weight is 291 g/mol. The molecule has 2 aromatic heterocycles. The summed E-state index contributed by atoms with van der Waals surface area (Å²) in [6.45, 7) is 0.122. The minimum absolute atomic E-state index is 0.0801. The first-order valence-electron chi connectivity index (χ1n) is 6.00. The molecule has 3 rings (SSSR count). The van der Waals surface area contributed by atoms with Crippen LogP contribution in [0.1, 0.15) is 5.56 Å². The van der Waals surface area contributed by atoms with E-state index >= 15 is 0 Å². The number of H-pyrrole nitrogens is 1. The van der Waals surface area contributed by atoms with Crippen LogP contribution in [-0.4, -0.2) is 31.6 Å². The van der Waals surface area contributed by atoms with Gasteiger partial charge in [-0.15, -0.1) is 0 Å². The first kappa shape index (κ1) is 12.8. The zero-order valence-electron chi connectivity index (χ0n) is 10.4. The summed E-state index contributed by atoms with van der Waals surface area (Å²) in [6.07, 6.45) is 2.12. The molecule has 0 aliphatic carbocycles. The summed E-state index contributed by atoms with van der Waals surface area (Å²) < 4.78 is 5.69. The van der Waals surface area contributed by atoms with Crippen LogP contribution in [0.25, 0.3) is 11.2 Å². The number of ether oxygens (including phenoxy) is 1. The molecule has 0 saturated heterocycles. The van der Waals surface area contributed by atoms with E-state index in [0.717, 1.165) is 5.56 Å². The normalized spacial score (nSPS) is 10.9. The predicted octanol–water partition coefficient (Wildman–Crippen LogP) is 2.33. The fourth-order valence-electron chi connectivity index (χ4n) is 1.82. The van der Waals surface area contributed by atoms with E-state index in [1.807, 2.05) is 24.3 Å². The first-order valence-corrected chi connectivity index (χ1v) is 6.38. The molecule has 2 heterocycles. The third-order valence-electron chi connectivity index (χ3n) is 2.76. The standard InChI is InChI=1S/C13H11ClN4O2/c14-13-17-11-10(15-7-16-11)12(18-13)20-9-3-1-8(2-4-9)5-6-19/h1-4,7,19H,5-6H2,(H,15,16,17,18). The molecule has 0 bridgehead atoms. The topological polar surface area (TPSA) is 83.9 Å². The zero-order chi connectivity index (χ0) is 13.9. The summed E-state index contributed by atoms with van der Waals surface area (Å²) in [5.74, 6) is 0.949. The van der Waals surface area contributed by atoms with E-state index in [0.29, 0.717) is 29.2 Å². The van der Waals surface area contributed by atoms with Crippen molar-refractivity contribution in [3.8, 4) is 11.6 Å². The summed E-state index contributed by atoms with van der Waals surface area (Å²) >= 11 is 5.83. The molecule has 0 unspecified atom stereocenters. The van der Waals surface area contributed by atoms with Crippen molar-refractivity contribution in [2.45, 2.75) is 6.42 Å². The van der Waals surface area contributed by atoms with Gasteiger partial charge in [-0.05, 0) is 35.7 Å². The molecule has 0 aliphatic rings. The van der Waals surface area contributed by atoms with Crippen LogP contribution in [0.5, 0.6) is 11.6 Å². The van der Waals surface area contributed by atoms with Gasteiger partial charge < -0.3 is 14.8 Å². The maximum Gasteiger partial charge on any atom is 0.250 e. The molecule has 0 aliphatic heterocycles. The number of rotatable bonds is 4. The van der Waals surface area contributed by atoms with Crippen molar-refractivity contribution < 1.29 is 9.84 Å². The van der Waals surface area contributed by atoms with E-state index in [4.69, 9.17) is 21.4 Å². The van der Waals surface area contributed by atoms with E-state index in [9.17, 15) is 0 Å². The van der Waals surface area contributed by atoms with Gasteiger partial charge in [0.1, 0.15) is 11.3 Å². The number of nitrogens with zero attached hydrogens (tertiary/aromatic N) is 3. The van der Waals surface area contributed by atoms with E-state index in [2.05, 4.69) is 19.9 Å². The Bertz CT molecular complexity index is 727. The van der Waals surface area contributed by atoms with Gasteiger partial charge in [0.15, 0.2) is 5.65 Å². The second-order valence-corrected chi connectivity index (χ2v) is 4.46. The smallest absolute Gasteiger partial charge is 0.250 e. The van der Waals surface area contributed by atoms with Gasteiger partial charge in [0.05, 0.1) is 6.33 Å². The highest BCUT2D eigenvalue weighted by Gasteiger charge is 2.11. The maximum absolute atomic E-state index is 8.88. The number of aliphatic hydroxyl groups excluding tert-OH is 1. The Morgan fingerprint density at radius 2 is 2.00 bits per heavy atom. The van der Waals surface area contributed by atoms with Crippen LogP contribution in [0.3, 0.4) is 0 Å². The number of aliphatic hydroxyl groups is 1. The SMILES string of the molecule is OCCc1ccc(Oc2nc(Cl)nc3nc[nH]c23)cc1. The van der Waals surface area contributed by atoms with Gasteiger partial charge in [-0.2, -0.15) is 9.97 Å². The predicted molar refractivity (Wildman–Crippen MR) is 74.0 cm³/mol. The molecule has 0 spiro atoms. The zero-order valence-corrected chi connectivity index (χ0v) is 11.1. The van der Waals surface area contributed by atoms with E-state index < -0.39 is 0 Å². The number of fused-ring (bicyclic) bond motifs is 1. The van der Waals surface area contributed by atoms with Crippen LogP contribution in [0.2, 0.25) is 5.28 Å². The van der Waals surface area contributed by atoms with Gasteiger partial charge in [-0.3, -0.25) is 0 Å². The van der Waals surface area contributed by atoms with Crippen molar-refractivity contribution >= 4 is 22.8 Å². The van der Waals surface area contributed by atoms with Gasteiger partial charge in [-0.25, -0.2) is 4.98 Å². The number of halogens is 1. The minimum Gasteiger partial charge on any atom is -0.437 e. The van der Waals surface area contributed by atoms with Gasteiger partial charge in [0.2, 0.25) is 11.2 Å². The lowest BCUT2D eigenvalue weighted by Gasteiger charge is -2.06. The van der Waals surface area contributed by atoms with Crippen molar-refractivity contribution in [2.75, 3.05) is 6.61 Å². The number of aromatic amines is 1. The molecular weight excluding hydrogens is 280 g/mol. The molecule has 7 heteroatoms. The van der Waals surface area contributed by atoms with Crippen LogP contribution < -0.4 is 4.74 Å². The lowest BCUT2D eigenvalue weighted by atomic mass is 10.1. The second-order valence-electron chi connectivity index (χ2n) is 4.12. The number of hydrogen-bond acceptors (Lipinski definition) is 5. The lowest BCUT2D eigenvalue weighted by molar-refractivity contribution is 0.299. The summed E-state index contributed by atoms with van der Waals surface area (Å²) in [4.78, 5) is 15.0. The third-order valence-corrected chi connectivity index (χ3v) is 2.93. The van der Waals surface area contributed by atoms with E-state index in [-0.39, 0.29) is 11.9 Å². The monoisotopic (exact) mass is 290 g/mol. The summed E-state index contributed by atoms with van der Waals surface area (Å²) in [5.41, 5.74) is 2.08. The van der Waals surface area contributed by atoms with Crippen molar-refractivity contribution in [1.29, 1.82) is 0 Å². The van der Waals surface area contributed by atoms with Crippen molar-refractivity contribution in [2.24, 2.45) is 0 Å². The van der Waals surface area contributed by atoms with Gasteiger partial charge in [-0.1, -0.05) is 12.1 Å². The molecule has 6 nitrogen and oxygen atoms in total. The van der Waals surface area contributed by atoms with Crippen LogP contribution >= 0.6 is 11.6 Å². The molecule has 0 fully saturated rings. The Morgan fingerprint density at radius 1 is 1.20 bits per heavy atom. The molecule has 20 heavy (non-hydrogen) atoms. The largest absolute Gasteiger partial charge is 0.437 e. The van der Waals surface area contributed by atoms with Gasteiger partial charge in [0.25, 0.3) is 0 Å². The van der Waals surface area contributed by atoms with Gasteiger partial charge in [0, 0.05) is 6.61 Å². The number of hydrogen-bond donors (Lipinski definition) is 2. The Morgan fingerprint density at radius 3 is 2.75 bits per heavy atom. The number of aromatic nitrogens is 4. The Hall–Kier alpha value is -2.18. The number of nitrogens with one attached hydrogen (secondary N) is 1. The van der Waals surface area contributed by atoms with Crippen molar-refractivity contribution in [1.82, 2.24) is 19.9 Å². The molecular formula is C13H11ClN4O2.